The lowest BCUT2D eigenvalue weighted by Crippen LogP contribution is -2.03. The molecular weight excluding hydrogens is 814 g/mol. The fourth-order valence-corrected chi connectivity index (χ4v) is 9.07. The molecule has 8 aromatic rings. The van der Waals surface area contributed by atoms with E-state index in [1.54, 1.807) is 0 Å². The number of halogens is 4. The fourth-order valence-electron chi connectivity index (χ4n) is 8.54. The Kier molecular flexibility index (Phi) is 13.7. The second-order valence-corrected chi connectivity index (χ2v) is 16.3. The van der Waals surface area contributed by atoms with Gasteiger partial charge < -0.3 is 14.2 Å². The molecule has 0 spiro atoms. The van der Waals surface area contributed by atoms with Crippen molar-refractivity contribution in [3.8, 4) is 34.5 Å². The van der Waals surface area contributed by atoms with E-state index in [1.165, 1.54) is 43.8 Å². The third-order valence-electron chi connectivity index (χ3n) is 11.0. The first-order valence-electron chi connectivity index (χ1n) is 20.5. The highest BCUT2D eigenvalue weighted by Gasteiger charge is 2.26. The SMILES string of the molecule is ClCCCc1c2ccccc2c(CCCCl)c2c(Oc3c(Oc4ccccc4)ccc4c(CCCCl)c5ccccc5c(CCCCl)c34)c(Oc3ccccc3)ccc12. The molecule has 0 aliphatic heterocycles. The molecule has 0 atom stereocenters. The highest BCUT2D eigenvalue weighted by atomic mass is 35.5. The van der Waals surface area contributed by atoms with Crippen LogP contribution in [0.25, 0.3) is 43.1 Å². The molecule has 0 fully saturated rings. The van der Waals surface area contributed by atoms with Crippen molar-refractivity contribution >= 4 is 89.5 Å². The molecule has 0 aliphatic rings. The van der Waals surface area contributed by atoms with Gasteiger partial charge in [0.05, 0.1) is 0 Å². The first-order chi connectivity index (χ1) is 29.1. The van der Waals surface area contributed by atoms with Crippen LogP contribution in [-0.2, 0) is 25.7 Å². The summed E-state index contributed by atoms with van der Waals surface area (Å²) < 4.78 is 21.4. The molecule has 8 rings (SSSR count). The van der Waals surface area contributed by atoms with E-state index in [0.717, 1.165) is 72.9 Å². The minimum Gasteiger partial charge on any atom is -0.453 e. The summed E-state index contributed by atoms with van der Waals surface area (Å²) in [6.07, 6.45) is 6.37. The van der Waals surface area contributed by atoms with E-state index in [4.69, 9.17) is 60.6 Å². The van der Waals surface area contributed by atoms with E-state index in [1.807, 2.05) is 72.8 Å². The van der Waals surface area contributed by atoms with Crippen molar-refractivity contribution in [2.24, 2.45) is 0 Å². The number of aryl methyl sites for hydroxylation is 4. The second kappa shape index (κ2) is 19.6. The van der Waals surface area contributed by atoms with Gasteiger partial charge in [0.1, 0.15) is 11.5 Å². The molecule has 0 bridgehead atoms. The van der Waals surface area contributed by atoms with Crippen LogP contribution < -0.4 is 14.2 Å². The Hall–Kier alpha value is -4.64. The van der Waals surface area contributed by atoms with Gasteiger partial charge in [-0.3, -0.25) is 0 Å². The van der Waals surface area contributed by atoms with Gasteiger partial charge in [-0.1, -0.05) is 97.1 Å². The minimum atomic E-state index is 0.528. The normalized spacial score (nSPS) is 11.5. The Morgan fingerprint density at radius 2 is 0.627 bits per heavy atom. The Balaban J connectivity index is 1.51. The molecule has 0 amide bonds. The minimum absolute atomic E-state index is 0.528. The molecular formula is C52H46Cl4O3. The average Bonchev–Trinajstić information content (AvgIpc) is 3.28. The number of fused-ring (bicyclic) bond motifs is 4. The largest absolute Gasteiger partial charge is 0.453 e. The number of para-hydroxylation sites is 2. The molecule has 7 heteroatoms. The molecule has 300 valence electrons. The average molecular weight is 861 g/mol. The smallest absolute Gasteiger partial charge is 0.178 e. The van der Waals surface area contributed by atoms with E-state index < -0.39 is 0 Å². The molecule has 0 unspecified atom stereocenters. The van der Waals surface area contributed by atoms with Crippen molar-refractivity contribution in [2.75, 3.05) is 23.5 Å². The standard InChI is InChI=1S/C52H46Cl4O3/c53-31-11-23-41-37-19-7-9-21-39(37)43(25-13-33-55)49-45(41)27-29-47(57-35-15-3-1-4-16-35)51(49)59-52-48(58-36-17-5-2-6-18-36)30-28-46-42(24-12-32-54)38-20-8-10-22-40(38)44(50(46)52)26-14-34-56/h1-10,15-22,27-30H,11-14,23-26,31-34H2. The Bertz CT molecular complexity index is 2510. The van der Waals surface area contributed by atoms with Gasteiger partial charge in [-0.15, -0.1) is 46.4 Å². The number of hydrogen-bond donors (Lipinski definition) is 0. The van der Waals surface area contributed by atoms with Gasteiger partial charge in [-0.05, 0) is 142 Å². The van der Waals surface area contributed by atoms with E-state index in [9.17, 15) is 0 Å². The summed E-state index contributed by atoms with van der Waals surface area (Å²) in [4.78, 5) is 0. The summed E-state index contributed by atoms with van der Waals surface area (Å²) in [5.41, 5.74) is 4.80. The van der Waals surface area contributed by atoms with Crippen LogP contribution in [0.15, 0.2) is 133 Å². The van der Waals surface area contributed by atoms with Gasteiger partial charge in [-0.2, -0.15) is 0 Å². The molecule has 0 saturated carbocycles. The number of benzene rings is 8. The molecule has 0 aromatic heterocycles. The van der Waals surface area contributed by atoms with E-state index in [0.29, 0.717) is 58.0 Å². The monoisotopic (exact) mass is 858 g/mol. The van der Waals surface area contributed by atoms with Crippen molar-refractivity contribution in [1.82, 2.24) is 0 Å². The van der Waals surface area contributed by atoms with Crippen molar-refractivity contribution in [1.29, 1.82) is 0 Å². The highest BCUT2D eigenvalue weighted by molar-refractivity contribution is 6.19. The fraction of sp³-hybridized carbons (Fsp3) is 0.231. The Morgan fingerprint density at radius 1 is 0.305 bits per heavy atom. The zero-order chi connectivity index (χ0) is 40.6. The van der Waals surface area contributed by atoms with Crippen LogP contribution in [0.4, 0.5) is 0 Å². The third-order valence-corrected chi connectivity index (χ3v) is 12.1. The summed E-state index contributed by atoms with van der Waals surface area (Å²) in [7, 11) is 0. The van der Waals surface area contributed by atoms with Gasteiger partial charge in [0, 0.05) is 34.3 Å². The summed E-state index contributed by atoms with van der Waals surface area (Å²) in [6, 6.07) is 45.6. The summed E-state index contributed by atoms with van der Waals surface area (Å²) in [6.45, 7) is 0. The highest BCUT2D eigenvalue weighted by Crippen LogP contribution is 2.52. The van der Waals surface area contributed by atoms with Crippen LogP contribution in [0.5, 0.6) is 34.5 Å². The van der Waals surface area contributed by atoms with Crippen molar-refractivity contribution in [3.05, 3.63) is 156 Å². The number of ether oxygens (including phenoxy) is 3. The van der Waals surface area contributed by atoms with E-state index in [-0.39, 0.29) is 0 Å². The molecule has 8 aromatic carbocycles. The predicted molar refractivity (Wildman–Crippen MR) is 252 cm³/mol. The maximum atomic E-state index is 7.70. The van der Waals surface area contributed by atoms with Crippen LogP contribution in [0.3, 0.4) is 0 Å². The van der Waals surface area contributed by atoms with Crippen molar-refractivity contribution < 1.29 is 14.2 Å². The van der Waals surface area contributed by atoms with E-state index in [2.05, 4.69) is 60.7 Å². The first kappa shape index (κ1) is 41.1. The quantitative estimate of drug-likeness (QED) is 0.0635. The number of alkyl halides is 4. The Morgan fingerprint density at radius 3 is 0.983 bits per heavy atom. The topological polar surface area (TPSA) is 27.7 Å². The van der Waals surface area contributed by atoms with Crippen LogP contribution in [0.1, 0.15) is 47.9 Å². The van der Waals surface area contributed by atoms with Crippen LogP contribution >= 0.6 is 46.4 Å². The number of hydrogen-bond acceptors (Lipinski definition) is 3. The lowest BCUT2D eigenvalue weighted by Gasteiger charge is -2.24. The first-order valence-corrected chi connectivity index (χ1v) is 22.6. The van der Waals surface area contributed by atoms with Crippen molar-refractivity contribution in [2.45, 2.75) is 51.4 Å². The van der Waals surface area contributed by atoms with Gasteiger partial charge >= 0.3 is 0 Å². The van der Waals surface area contributed by atoms with Gasteiger partial charge in [0.2, 0.25) is 0 Å². The zero-order valence-corrected chi connectivity index (χ0v) is 35.9. The predicted octanol–water partition coefficient (Wildman–Crippen LogP) is 16.4. The summed E-state index contributed by atoms with van der Waals surface area (Å²) in [5, 5.41) is 8.99. The molecule has 3 nitrogen and oxygen atoms in total. The molecule has 59 heavy (non-hydrogen) atoms. The Labute approximate surface area is 366 Å². The lowest BCUT2D eigenvalue weighted by atomic mass is 9.87. The van der Waals surface area contributed by atoms with Crippen LogP contribution in [0, 0.1) is 0 Å². The van der Waals surface area contributed by atoms with E-state index >= 15 is 0 Å². The molecule has 0 heterocycles. The van der Waals surface area contributed by atoms with Gasteiger partial charge in [0.25, 0.3) is 0 Å². The van der Waals surface area contributed by atoms with Crippen molar-refractivity contribution in [3.63, 3.8) is 0 Å². The summed E-state index contributed by atoms with van der Waals surface area (Å²) in [5.74, 6) is 6.03. The summed E-state index contributed by atoms with van der Waals surface area (Å²) >= 11 is 25.7. The number of rotatable bonds is 18. The maximum absolute atomic E-state index is 7.70. The second-order valence-electron chi connectivity index (χ2n) is 14.7. The maximum Gasteiger partial charge on any atom is 0.178 e. The molecule has 0 aliphatic carbocycles. The zero-order valence-electron chi connectivity index (χ0n) is 32.9. The van der Waals surface area contributed by atoms with Crippen LogP contribution in [-0.4, -0.2) is 23.5 Å². The van der Waals surface area contributed by atoms with Crippen LogP contribution in [0.2, 0.25) is 0 Å². The molecule has 0 radical (unpaired) electrons. The molecule has 0 N–H and O–H groups in total. The lowest BCUT2D eigenvalue weighted by molar-refractivity contribution is 0.400. The van der Waals surface area contributed by atoms with Gasteiger partial charge in [-0.25, -0.2) is 0 Å². The van der Waals surface area contributed by atoms with Gasteiger partial charge in [0.15, 0.2) is 23.0 Å². The molecule has 0 saturated heterocycles. The third kappa shape index (κ3) is 8.68.